The Hall–Kier alpha value is -0.410. The first kappa shape index (κ1) is 10.1. The van der Waals surface area contributed by atoms with E-state index in [1.165, 1.54) is 6.07 Å². The summed E-state index contributed by atoms with van der Waals surface area (Å²) in [5, 5.41) is 0. The molecule has 0 atom stereocenters. The molecule has 0 saturated heterocycles. The van der Waals surface area contributed by atoms with Crippen LogP contribution in [-0.4, -0.2) is 5.54 Å². The van der Waals surface area contributed by atoms with Crippen molar-refractivity contribution in [2.45, 2.75) is 31.2 Å². The second-order valence-electron chi connectivity index (χ2n) is 4.06. The predicted octanol–water partition coefficient (Wildman–Crippen LogP) is 3.01. The van der Waals surface area contributed by atoms with Crippen LogP contribution in [0, 0.1) is 5.82 Å². The summed E-state index contributed by atoms with van der Waals surface area (Å²) in [4.78, 5) is 0. The maximum absolute atomic E-state index is 13.4. The van der Waals surface area contributed by atoms with Crippen LogP contribution in [0.1, 0.15) is 24.8 Å². The molecular formula is C11H13BrFN. The molecule has 1 nitrogen and oxygen atoms in total. The van der Waals surface area contributed by atoms with Crippen LogP contribution in [0.2, 0.25) is 0 Å². The van der Waals surface area contributed by atoms with Gasteiger partial charge in [-0.3, -0.25) is 0 Å². The number of hydrogen-bond donors (Lipinski definition) is 1. The number of halogens is 2. The molecule has 1 saturated carbocycles. The second-order valence-corrected chi connectivity index (χ2v) is 4.92. The Morgan fingerprint density at radius 1 is 1.43 bits per heavy atom. The molecule has 2 rings (SSSR count). The standard InChI is InChI=1S/C11H13BrFN/c12-9-2-1-3-10(13)8(9)4-5-11(14)6-7-11/h1-3H,4-7,14H2. The molecule has 0 spiro atoms. The van der Waals surface area contributed by atoms with Crippen LogP contribution in [0.15, 0.2) is 22.7 Å². The summed E-state index contributed by atoms with van der Waals surface area (Å²) < 4.78 is 14.2. The molecule has 2 N–H and O–H groups in total. The fourth-order valence-corrected chi connectivity index (χ4v) is 2.10. The van der Waals surface area contributed by atoms with Crippen LogP contribution >= 0.6 is 15.9 Å². The zero-order chi connectivity index (χ0) is 10.2. The third-order valence-corrected chi connectivity index (χ3v) is 3.57. The van der Waals surface area contributed by atoms with E-state index in [-0.39, 0.29) is 11.4 Å². The minimum absolute atomic E-state index is 0.00171. The van der Waals surface area contributed by atoms with Gasteiger partial charge in [0.15, 0.2) is 0 Å². The van der Waals surface area contributed by atoms with E-state index < -0.39 is 0 Å². The minimum Gasteiger partial charge on any atom is -0.325 e. The number of benzene rings is 1. The smallest absolute Gasteiger partial charge is 0.127 e. The lowest BCUT2D eigenvalue weighted by Crippen LogP contribution is -2.22. The van der Waals surface area contributed by atoms with E-state index in [0.29, 0.717) is 0 Å². The van der Waals surface area contributed by atoms with Crippen molar-refractivity contribution in [2.24, 2.45) is 5.73 Å². The molecule has 1 aliphatic rings. The van der Waals surface area contributed by atoms with Crippen molar-refractivity contribution in [1.29, 1.82) is 0 Å². The highest BCUT2D eigenvalue weighted by molar-refractivity contribution is 9.10. The summed E-state index contributed by atoms with van der Waals surface area (Å²) in [5.41, 5.74) is 6.71. The van der Waals surface area contributed by atoms with Crippen LogP contribution < -0.4 is 5.73 Å². The molecule has 0 aliphatic heterocycles. The summed E-state index contributed by atoms with van der Waals surface area (Å²) >= 11 is 3.35. The highest BCUT2D eigenvalue weighted by Crippen LogP contribution is 2.37. The Bertz CT molecular complexity index is 327. The first-order valence-corrected chi connectivity index (χ1v) is 5.62. The van der Waals surface area contributed by atoms with Gasteiger partial charge in [-0.05, 0) is 37.8 Å². The van der Waals surface area contributed by atoms with E-state index in [1.54, 1.807) is 6.07 Å². The molecule has 14 heavy (non-hydrogen) atoms. The molecule has 0 bridgehead atoms. The van der Waals surface area contributed by atoms with Gasteiger partial charge in [0.05, 0.1) is 0 Å². The molecule has 0 radical (unpaired) electrons. The maximum atomic E-state index is 13.4. The van der Waals surface area contributed by atoms with Gasteiger partial charge in [0.1, 0.15) is 5.82 Å². The van der Waals surface area contributed by atoms with Crippen molar-refractivity contribution < 1.29 is 4.39 Å². The third-order valence-electron chi connectivity index (χ3n) is 2.83. The largest absolute Gasteiger partial charge is 0.325 e. The van der Waals surface area contributed by atoms with Gasteiger partial charge >= 0.3 is 0 Å². The van der Waals surface area contributed by atoms with Crippen molar-refractivity contribution in [1.82, 2.24) is 0 Å². The highest BCUT2D eigenvalue weighted by Gasteiger charge is 2.37. The molecule has 0 heterocycles. The minimum atomic E-state index is -0.136. The van der Waals surface area contributed by atoms with Gasteiger partial charge in [-0.1, -0.05) is 22.0 Å². The van der Waals surface area contributed by atoms with Gasteiger partial charge in [0, 0.05) is 15.6 Å². The molecule has 1 fully saturated rings. The lowest BCUT2D eigenvalue weighted by atomic mass is 10.0. The summed E-state index contributed by atoms with van der Waals surface area (Å²) in [6.45, 7) is 0. The molecular weight excluding hydrogens is 245 g/mol. The van der Waals surface area contributed by atoms with Gasteiger partial charge in [-0.2, -0.15) is 0 Å². The SMILES string of the molecule is NC1(CCc2c(F)cccc2Br)CC1. The zero-order valence-corrected chi connectivity index (χ0v) is 9.48. The summed E-state index contributed by atoms with van der Waals surface area (Å²) in [7, 11) is 0. The third kappa shape index (κ3) is 2.15. The monoisotopic (exact) mass is 257 g/mol. The van der Waals surface area contributed by atoms with E-state index in [2.05, 4.69) is 15.9 Å². The molecule has 3 heteroatoms. The van der Waals surface area contributed by atoms with E-state index in [9.17, 15) is 4.39 Å². The number of rotatable bonds is 3. The summed E-state index contributed by atoms with van der Waals surface area (Å²) in [6, 6.07) is 5.07. The van der Waals surface area contributed by atoms with E-state index in [1.807, 2.05) is 6.07 Å². The molecule has 0 aromatic heterocycles. The van der Waals surface area contributed by atoms with E-state index in [0.717, 1.165) is 35.7 Å². The first-order valence-electron chi connectivity index (χ1n) is 4.82. The molecule has 76 valence electrons. The normalized spacial score (nSPS) is 18.2. The quantitative estimate of drug-likeness (QED) is 0.886. The van der Waals surface area contributed by atoms with Gasteiger partial charge in [0.2, 0.25) is 0 Å². The van der Waals surface area contributed by atoms with Gasteiger partial charge in [-0.15, -0.1) is 0 Å². The van der Waals surface area contributed by atoms with E-state index in [4.69, 9.17) is 5.73 Å². The Morgan fingerprint density at radius 3 is 2.71 bits per heavy atom. The van der Waals surface area contributed by atoms with Crippen LogP contribution in [0.3, 0.4) is 0 Å². The first-order chi connectivity index (χ1) is 6.61. The Balaban J connectivity index is 2.08. The number of hydrogen-bond acceptors (Lipinski definition) is 1. The van der Waals surface area contributed by atoms with Gasteiger partial charge in [-0.25, -0.2) is 4.39 Å². The van der Waals surface area contributed by atoms with Crippen molar-refractivity contribution >= 4 is 15.9 Å². The summed E-state index contributed by atoms with van der Waals surface area (Å²) in [6.07, 6.45) is 3.77. The van der Waals surface area contributed by atoms with Gasteiger partial charge < -0.3 is 5.73 Å². The van der Waals surface area contributed by atoms with Crippen molar-refractivity contribution in [3.05, 3.63) is 34.1 Å². The summed E-state index contributed by atoms with van der Waals surface area (Å²) in [5.74, 6) is -0.136. The van der Waals surface area contributed by atoms with Crippen molar-refractivity contribution in [2.75, 3.05) is 0 Å². The molecule has 0 unspecified atom stereocenters. The Morgan fingerprint density at radius 2 is 2.14 bits per heavy atom. The fourth-order valence-electron chi connectivity index (χ4n) is 1.56. The second kappa shape index (κ2) is 3.63. The van der Waals surface area contributed by atoms with Crippen molar-refractivity contribution in [3.8, 4) is 0 Å². The van der Waals surface area contributed by atoms with Crippen LogP contribution in [0.5, 0.6) is 0 Å². The topological polar surface area (TPSA) is 26.0 Å². The average Bonchev–Trinajstić information content (AvgIpc) is 2.83. The predicted molar refractivity (Wildman–Crippen MR) is 58.6 cm³/mol. The van der Waals surface area contributed by atoms with Gasteiger partial charge in [0.25, 0.3) is 0 Å². The number of nitrogens with two attached hydrogens (primary N) is 1. The van der Waals surface area contributed by atoms with Crippen LogP contribution in [-0.2, 0) is 6.42 Å². The fraction of sp³-hybridized carbons (Fsp3) is 0.455. The zero-order valence-electron chi connectivity index (χ0n) is 7.89. The average molecular weight is 258 g/mol. The van der Waals surface area contributed by atoms with Crippen molar-refractivity contribution in [3.63, 3.8) is 0 Å². The van der Waals surface area contributed by atoms with Crippen LogP contribution in [0.25, 0.3) is 0 Å². The Kier molecular flexibility index (Phi) is 2.62. The molecule has 1 aromatic rings. The lowest BCUT2D eigenvalue weighted by Gasteiger charge is -2.10. The molecule has 1 aliphatic carbocycles. The molecule has 1 aromatic carbocycles. The van der Waals surface area contributed by atoms with Crippen LogP contribution in [0.4, 0.5) is 4.39 Å². The maximum Gasteiger partial charge on any atom is 0.127 e. The highest BCUT2D eigenvalue weighted by atomic mass is 79.9. The molecule has 0 amide bonds. The Labute approximate surface area is 91.6 Å². The lowest BCUT2D eigenvalue weighted by molar-refractivity contribution is 0.569. The van der Waals surface area contributed by atoms with E-state index >= 15 is 0 Å².